The van der Waals surface area contributed by atoms with Crippen LogP contribution >= 0.6 is 24.8 Å². The van der Waals surface area contributed by atoms with Gasteiger partial charge in [-0.2, -0.15) is 0 Å². The number of amides is 1. The highest BCUT2D eigenvalue weighted by atomic mass is 35.5. The predicted molar refractivity (Wildman–Crippen MR) is 80.8 cm³/mol. The molecule has 2 rings (SSSR count). The summed E-state index contributed by atoms with van der Waals surface area (Å²) in [7, 11) is 1.85. The number of nitrogens with one attached hydrogen (secondary N) is 1. The van der Waals surface area contributed by atoms with Gasteiger partial charge < -0.3 is 10.2 Å². The minimum absolute atomic E-state index is 0. The van der Waals surface area contributed by atoms with Gasteiger partial charge in [0.2, 0.25) is 5.91 Å². The Kier molecular flexibility index (Phi) is 8.72. The fourth-order valence-electron chi connectivity index (χ4n) is 2.19. The first-order chi connectivity index (χ1) is 8.27. The molecular weight excluding hydrogens is 285 g/mol. The van der Waals surface area contributed by atoms with Crippen LogP contribution in [0.5, 0.6) is 0 Å². The lowest BCUT2D eigenvalue weighted by Crippen LogP contribution is -2.41. The van der Waals surface area contributed by atoms with Crippen molar-refractivity contribution in [1.29, 1.82) is 0 Å². The van der Waals surface area contributed by atoms with Crippen molar-refractivity contribution in [3.05, 3.63) is 30.1 Å². The molecule has 2 heterocycles. The number of rotatable bonds is 3. The Hall–Kier alpha value is -0.840. The topological polar surface area (TPSA) is 45.2 Å². The van der Waals surface area contributed by atoms with E-state index in [-0.39, 0.29) is 36.6 Å². The Labute approximate surface area is 126 Å². The molecule has 1 aliphatic heterocycles. The highest BCUT2D eigenvalue weighted by Crippen LogP contribution is 2.13. The average Bonchev–Trinajstić information content (AvgIpc) is 2.40. The molecule has 108 valence electrons. The highest BCUT2D eigenvalue weighted by molar-refractivity contribution is 5.85. The summed E-state index contributed by atoms with van der Waals surface area (Å²) in [4.78, 5) is 18.2. The number of hydrogen-bond acceptors (Lipinski definition) is 3. The number of pyridine rings is 1. The molecule has 0 bridgehead atoms. The first kappa shape index (κ1) is 18.2. The van der Waals surface area contributed by atoms with Crippen LogP contribution in [-0.4, -0.2) is 35.9 Å². The van der Waals surface area contributed by atoms with Gasteiger partial charge in [-0.3, -0.25) is 9.78 Å². The molecule has 0 aliphatic carbocycles. The third-order valence-corrected chi connectivity index (χ3v) is 3.15. The van der Waals surface area contributed by atoms with Gasteiger partial charge >= 0.3 is 0 Å². The molecule has 1 amide bonds. The lowest BCUT2D eigenvalue weighted by Gasteiger charge is -2.26. The van der Waals surface area contributed by atoms with Crippen molar-refractivity contribution in [2.45, 2.75) is 19.4 Å². The molecule has 0 spiro atoms. The minimum Gasteiger partial charge on any atom is -0.340 e. The van der Waals surface area contributed by atoms with Gasteiger partial charge in [0.05, 0.1) is 18.2 Å². The molecule has 4 nitrogen and oxygen atoms in total. The van der Waals surface area contributed by atoms with Crippen LogP contribution in [0.25, 0.3) is 0 Å². The summed E-state index contributed by atoms with van der Waals surface area (Å²) in [6.45, 7) is 2.44. The molecule has 1 atom stereocenters. The third kappa shape index (κ3) is 5.35. The Morgan fingerprint density at radius 2 is 2.26 bits per heavy atom. The van der Waals surface area contributed by atoms with Crippen molar-refractivity contribution in [2.75, 3.05) is 20.1 Å². The molecule has 0 unspecified atom stereocenters. The Morgan fingerprint density at radius 3 is 2.84 bits per heavy atom. The average molecular weight is 306 g/mol. The molecule has 1 aromatic rings. The first-order valence-electron chi connectivity index (χ1n) is 6.13. The van der Waals surface area contributed by atoms with Crippen molar-refractivity contribution >= 4 is 30.7 Å². The van der Waals surface area contributed by atoms with E-state index in [0.29, 0.717) is 6.54 Å². The van der Waals surface area contributed by atoms with Gasteiger partial charge in [0, 0.05) is 19.8 Å². The van der Waals surface area contributed by atoms with Crippen LogP contribution in [0.2, 0.25) is 0 Å². The number of carbonyl (C=O) groups excluding carboxylic acids is 1. The first-order valence-corrected chi connectivity index (χ1v) is 6.13. The monoisotopic (exact) mass is 305 g/mol. The molecular formula is C13H21Cl2N3O. The summed E-state index contributed by atoms with van der Waals surface area (Å²) in [5.74, 6) is 0.361. The van der Waals surface area contributed by atoms with E-state index in [4.69, 9.17) is 0 Å². The van der Waals surface area contributed by atoms with Crippen LogP contribution in [0.1, 0.15) is 18.5 Å². The van der Waals surface area contributed by atoms with E-state index in [2.05, 4.69) is 10.3 Å². The van der Waals surface area contributed by atoms with E-state index < -0.39 is 0 Å². The Bertz CT molecular complexity index is 369. The minimum atomic E-state index is 0. The van der Waals surface area contributed by atoms with Crippen LogP contribution in [-0.2, 0) is 11.3 Å². The zero-order chi connectivity index (χ0) is 12.1. The van der Waals surface area contributed by atoms with Crippen LogP contribution in [0.3, 0.4) is 0 Å². The zero-order valence-corrected chi connectivity index (χ0v) is 12.7. The summed E-state index contributed by atoms with van der Waals surface area (Å²) in [6, 6.07) is 5.78. The fraction of sp³-hybridized carbons (Fsp3) is 0.538. The SMILES string of the molecule is CN(Cc1ccccn1)C(=O)[C@@H]1CCCNC1.Cl.Cl. The zero-order valence-electron chi connectivity index (χ0n) is 11.0. The van der Waals surface area contributed by atoms with Crippen LogP contribution in [0.4, 0.5) is 0 Å². The van der Waals surface area contributed by atoms with E-state index >= 15 is 0 Å². The molecule has 1 fully saturated rings. The molecule has 0 radical (unpaired) electrons. The molecule has 19 heavy (non-hydrogen) atoms. The largest absolute Gasteiger partial charge is 0.340 e. The quantitative estimate of drug-likeness (QED) is 0.927. The Balaban J connectivity index is 0.00000162. The second kappa shape index (κ2) is 9.13. The van der Waals surface area contributed by atoms with Gasteiger partial charge in [0.1, 0.15) is 0 Å². The summed E-state index contributed by atoms with van der Waals surface area (Å²) in [6.07, 6.45) is 3.85. The summed E-state index contributed by atoms with van der Waals surface area (Å²) in [5.41, 5.74) is 0.937. The van der Waals surface area contributed by atoms with E-state index in [1.54, 1.807) is 11.1 Å². The summed E-state index contributed by atoms with van der Waals surface area (Å²) in [5, 5.41) is 3.27. The van der Waals surface area contributed by atoms with Crippen molar-refractivity contribution in [1.82, 2.24) is 15.2 Å². The van der Waals surface area contributed by atoms with Gasteiger partial charge in [-0.15, -0.1) is 24.8 Å². The van der Waals surface area contributed by atoms with E-state index in [1.807, 2.05) is 25.2 Å². The third-order valence-electron chi connectivity index (χ3n) is 3.15. The smallest absolute Gasteiger partial charge is 0.227 e. The van der Waals surface area contributed by atoms with Crippen molar-refractivity contribution < 1.29 is 4.79 Å². The van der Waals surface area contributed by atoms with Gasteiger partial charge in [0.15, 0.2) is 0 Å². The van der Waals surface area contributed by atoms with E-state index in [1.165, 1.54) is 0 Å². The lowest BCUT2D eigenvalue weighted by molar-refractivity contribution is -0.135. The summed E-state index contributed by atoms with van der Waals surface area (Å²) < 4.78 is 0. The van der Waals surface area contributed by atoms with Gasteiger partial charge in [-0.05, 0) is 31.5 Å². The van der Waals surface area contributed by atoms with Gasteiger partial charge in [-0.1, -0.05) is 6.07 Å². The molecule has 0 saturated carbocycles. The standard InChI is InChI=1S/C13H19N3O.2ClH/c1-16(10-12-6-2-3-8-15-12)13(17)11-5-4-7-14-9-11;;/h2-3,6,8,11,14H,4-5,7,9-10H2,1H3;2*1H/t11-;;/m1../s1. The van der Waals surface area contributed by atoms with Crippen LogP contribution in [0, 0.1) is 5.92 Å². The number of carbonyl (C=O) groups is 1. The number of piperidine rings is 1. The van der Waals surface area contributed by atoms with Crippen molar-refractivity contribution in [3.8, 4) is 0 Å². The number of hydrogen-bond donors (Lipinski definition) is 1. The number of halogens is 2. The van der Waals surface area contributed by atoms with Crippen molar-refractivity contribution in [2.24, 2.45) is 5.92 Å². The van der Waals surface area contributed by atoms with Gasteiger partial charge in [-0.25, -0.2) is 0 Å². The van der Waals surface area contributed by atoms with Crippen LogP contribution < -0.4 is 5.32 Å². The predicted octanol–water partition coefficient (Wildman–Crippen LogP) is 1.88. The molecule has 6 heteroatoms. The summed E-state index contributed by atoms with van der Waals surface area (Å²) >= 11 is 0. The maximum atomic E-state index is 12.2. The maximum Gasteiger partial charge on any atom is 0.227 e. The lowest BCUT2D eigenvalue weighted by atomic mass is 9.98. The molecule has 1 aliphatic rings. The second-order valence-electron chi connectivity index (χ2n) is 4.56. The number of aromatic nitrogens is 1. The molecule has 1 aromatic heterocycles. The molecule has 0 aromatic carbocycles. The van der Waals surface area contributed by atoms with Crippen molar-refractivity contribution in [3.63, 3.8) is 0 Å². The molecule has 1 N–H and O–H groups in total. The highest BCUT2D eigenvalue weighted by Gasteiger charge is 2.23. The fourth-order valence-corrected chi connectivity index (χ4v) is 2.19. The second-order valence-corrected chi connectivity index (χ2v) is 4.56. The number of nitrogens with zero attached hydrogens (tertiary/aromatic N) is 2. The van der Waals surface area contributed by atoms with Crippen LogP contribution in [0.15, 0.2) is 24.4 Å². The van der Waals surface area contributed by atoms with Gasteiger partial charge in [0.25, 0.3) is 0 Å². The van der Waals surface area contributed by atoms with E-state index in [0.717, 1.165) is 31.6 Å². The van der Waals surface area contributed by atoms with E-state index in [9.17, 15) is 4.79 Å². The maximum absolute atomic E-state index is 12.2. The normalized spacial score (nSPS) is 17.8. The molecule has 1 saturated heterocycles. The Morgan fingerprint density at radius 1 is 1.47 bits per heavy atom.